The Morgan fingerprint density at radius 2 is 1.66 bits per heavy atom. The number of ether oxygens (including phenoxy) is 1. The second kappa shape index (κ2) is 12.0. The molecule has 0 unspecified atom stereocenters. The second-order valence-electron chi connectivity index (χ2n) is 7.69. The number of rotatable bonds is 12. The van der Waals surface area contributed by atoms with Crippen LogP contribution >= 0.6 is 0 Å². The van der Waals surface area contributed by atoms with E-state index < -0.39 is 27.4 Å². The van der Waals surface area contributed by atoms with Crippen molar-refractivity contribution >= 4 is 27.3 Å². The van der Waals surface area contributed by atoms with E-state index in [1.165, 1.54) is 42.0 Å². The van der Waals surface area contributed by atoms with Crippen LogP contribution in [0.2, 0.25) is 0 Å². The van der Waals surface area contributed by atoms with E-state index in [0.717, 1.165) is 17.1 Å². The van der Waals surface area contributed by atoms with Gasteiger partial charge in [-0.2, -0.15) is 0 Å². The highest BCUT2D eigenvalue weighted by Gasteiger charge is 2.27. The summed E-state index contributed by atoms with van der Waals surface area (Å²) < 4.78 is 33.1. The van der Waals surface area contributed by atoms with Crippen molar-refractivity contribution in [1.82, 2.24) is 5.32 Å². The van der Waals surface area contributed by atoms with Crippen LogP contribution in [0.25, 0.3) is 0 Å². The van der Waals surface area contributed by atoms with Crippen LogP contribution in [0.4, 0.5) is 11.4 Å². The molecule has 0 spiro atoms. The third-order valence-electron chi connectivity index (χ3n) is 5.12. The third kappa shape index (κ3) is 7.03. The summed E-state index contributed by atoms with van der Waals surface area (Å²) in [6.07, 6.45) is 2.05. The fraction of sp³-hybridized carbons (Fsp3) is 0.240. The van der Waals surface area contributed by atoms with Gasteiger partial charge in [-0.3, -0.25) is 19.2 Å². The fourth-order valence-corrected chi connectivity index (χ4v) is 4.80. The quantitative estimate of drug-likeness (QED) is 0.230. The van der Waals surface area contributed by atoms with Gasteiger partial charge in [0.1, 0.15) is 18.9 Å². The van der Waals surface area contributed by atoms with E-state index in [2.05, 4.69) is 12.2 Å². The van der Waals surface area contributed by atoms with E-state index in [1.807, 2.05) is 24.3 Å². The Hall–Kier alpha value is -3.92. The number of hydrogen-bond donors (Lipinski definition) is 1. The van der Waals surface area contributed by atoms with Crippen molar-refractivity contribution in [3.8, 4) is 5.75 Å². The molecule has 0 aliphatic carbocycles. The minimum absolute atomic E-state index is 0.000931. The Morgan fingerprint density at radius 3 is 2.26 bits per heavy atom. The van der Waals surface area contributed by atoms with Crippen molar-refractivity contribution in [3.05, 3.63) is 94.5 Å². The molecule has 0 aromatic heterocycles. The molecule has 9 nitrogen and oxygen atoms in total. The maximum Gasteiger partial charge on any atom is 0.269 e. The highest BCUT2D eigenvalue weighted by molar-refractivity contribution is 7.92. The first kappa shape index (κ1) is 25.7. The summed E-state index contributed by atoms with van der Waals surface area (Å²) in [4.78, 5) is 23.0. The molecule has 184 valence electrons. The van der Waals surface area contributed by atoms with Crippen LogP contribution < -0.4 is 14.4 Å². The number of nitro benzene ring substituents is 1. The first-order valence-corrected chi connectivity index (χ1v) is 12.6. The van der Waals surface area contributed by atoms with Gasteiger partial charge in [-0.05, 0) is 48.4 Å². The summed E-state index contributed by atoms with van der Waals surface area (Å²) in [6.45, 7) is 2.00. The minimum atomic E-state index is -4.09. The molecule has 0 fully saturated rings. The number of aryl methyl sites for hydroxylation is 1. The topological polar surface area (TPSA) is 119 Å². The Balaban J connectivity index is 1.66. The zero-order chi connectivity index (χ0) is 25.3. The SMILES string of the molecule is CCCc1ccc(OCCNC(=O)CN(c2ccc([N+](=O)[O-])cc2)S(=O)(=O)c2ccccc2)cc1. The number of carbonyl (C=O) groups is 1. The van der Waals surface area contributed by atoms with Crippen LogP contribution in [0.1, 0.15) is 18.9 Å². The van der Waals surface area contributed by atoms with Gasteiger partial charge in [0.2, 0.25) is 5.91 Å². The van der Waals surface area contributed by atoms with Gasteiger partial charge in [0.15, 0.2) is 0 Å². The van der Waals surface area contributed by atoms with Gasteiger partial charge in [0.05, 0.1) is 22.1 Å². The molecule has 3 aromatic rings. The molecule has 0 saturated heterocycles. The number of non-ortho nitro benzene ring substituents is 1. The maximum atomic E-state index is 13.3. The highest BCUT2D eigenvalue weighted by atomic mass is 32.2. The number of benzene rings is 3. The minimum Gasteiger partial charge on any atom is -0.492 e. The molecule has 0 bridgehead atoms. The summed E-state index contributed by atoms with van der Waals surface area (Å²) in [6, 6.07) is 20.4. The third-order valence-corrected chi connectivity index (χ3v) is 6.91. The largest absolute Gasteiger partial charge is 0.492 e. The molecule has 0 heterocycles. The molecule has 0 aliphatic rings. The number of nitro groups is 1. The number of hydrogen-bond acceptors (Lipinski definition) is 6. The Labute approximate surface area is 204 Å². The lowest BCUT2D eigenvalue weighted by Gasteiger charge is -2.24. The molecular formula is C25H27N3O6S. The molecule has 1 N–H and O–H groups in total. The van der Waals surface area contributed by atoms with Crippen molar-refractivity contribution in [2.45, 2.75) is 24.7 Å². The molecule has 3 aromatic carbocycles. The molecule has 0 saturated carbocycles. The number of nitrogens with zero attached hydrogens (tertiary/aromatic N) is 2. The molecular weight excluding hydrogens is 470 g/mol. The lowest BCUT2D eigenvalue weighted by atomic mass is 10.1. The van der Waals surface area contributed by atoms with E-state index in [-0.39, 0.29) is 29.4 Å². The van der Waals surface area contributed by atoms with Crippen LogP contribution in [0.5, 0.6) is 5.75 Å². The maximum absolute atomic E-state index is 13.3. The van der Waals surface area contributed by atoms with Crippen LogP contribution in [0, 0.1) is 10.1 Å². The zero-order valence-electron chi connectivity index (χ0n) is 19.3. The Kier molecular flexibility index (Phi) is 8.80. The summed E-state index contributed by atoms with van der Waals surface area (Å²) in [5, 5.41) is 13.6. The van der Waals surface area contributed by atoms with Crippen molar-refractivity contribution in [3.63, 3.8) is 0 Å². The number of nitrogens with one attached hydrogen (secondary N) is 1. The molecule has 35 heavy (non-hydrogen) atoms. The van der Waals surface area contributed by atoms with Gasteiger partial charge >= 0.3 is 0 Å². The predicted molar refractivity (Wildman–Crippen MR) is 133 cm³/mol. The van der Waals surface area contributed by atoms with Gasteiger partial charge in [-0.25, -0.2) is 8.42 Å². The van der Waals surface area contributed by atoms with Gasteiger partial charge in [-0.1, -0.05) is 43.7 Å². The van der Waals surface area contributed by atoms with E-state index >= 15 is 0 Å². The number of amides is 1. The van der Waals surface area contributed by atoms with E-state index in [9.17, 15) is 23.3 Å². The lowest BCUT2D eigenvalue weighted by molar-refractivity contribution is -0.384. The fourth-order valence-electron chi connectivity index (χ4n) is 3.36. The molecule has 3 rings (SSSR count). The van der Waals surface area contributed by atoms with Gasteiger partial charge in [0, 0.05) is 12.1 Å². The Bertz CT molecular complexity index is 1230. The van der Waals surface area contributed by atoms with Crippen molar-refractivity contribution in [1.29, 1.82) is 0 Å². The van der Waals surface area contributed by atoms with E-state index in [1.54, 1.807) is 18.2 Å². The van der Waals surface area contributed by atoms with Gasteiger partial charge < -0.3 is 10.1 Å². The monoisotopic (exact) mass is 497 g/mol. The van der Waals surface area contributed by atoms with Crippen LogP contribution in [0.3, 0.4) is 0 Å². The summed E-state index contributed by atoms with van der Waals surface area (Å²) in [5.41, 5.74) is 1.17. The standard InChI is InChI=1S/C25H27N3O6S/c1-2-6-20-9-15-23(16-10-20)34-18-17-26-25(29)19-27(21-11-13-22(14-12-21)28(30)31)35(32,33)24-7-4-3-5-8-24/h3-5,7-16H,2,6,17-19H2,1H3,(H,26,29). The van der Waals surface area contributed by atoms with Crippen molar-refractivity contribution < 1.29 is 22.9 Å². The zero-order valence-corrected chi connectivity index (χ0v) is 20.1. The van der Waals surface area contributed by atoms with Crippen LogP contribution in [-0.2, 0) is 21.2 Å². The molecule has 0 radical (unpaired) electrons. The molecule has 10 heteroatoms. The molecule has 1 amide bonds. The second-order valence-corrected chi connectivity index (χ2v) is 9.55. The number of carbonyl (C=O) groups excluding carboxylic acids is 1. The average Bonchev–Trinajstić information content (AvgIpc) is 2.87. The Morgan fingerprint density at radius 1 is 1.00 bits per heavy atom. The number of anilines is 1. The summed E-state index contributed by atoms with van der Waals surface area (Å²) in [7, 11) is -4.09. The van der Waals surface area contributed by atoms with Crippen molar-refractivity contribution in [2.24, 2.45) is 0 Å². The molecule has 0 aliphatic heterocycles. The first-order chi connectivity index (χ1) is 16.8. The summed E-state index contributed by atoms with van der Waals surface area (Å²) in [5.74, 6) is 0.142. The van der Waals surface area contributed by atoms with E-state index in [0.29, 0.717) is 5.75 Å². The van der Waals surface area contributed by atoms with E-state index in [4.69, 9.17) is 4.74 Å². The van der Waals surface area contributed by atoms with Crippen molar-refractivity contribution in [2.75, 3.05) is 24.0 Å². The van der Waals surface area contributed by atoms with Crippen LogP contribution in [0.15, 0.2) is 83.8 Å². The molecule has 0 atom stereocenters. The smallest absolute Gasteiger partial charge is 0.269 e. The average molecular weight is 498 g/mol. The lowest BCUT2D eigenvalue weighted by Crippen LogP contribution is -2.41. The van der Waals surface area contributed by atoms with Crippen LogP contribution in [-0.4, -0.2) is 38.9 Å². The number of sulfonamides is 1. The van der Waals surface area contributed by atoms with Gasteiger partial charge in [-0.15, -0.1) is 0 Å². The summed E-state index contributed by atoms with van der Waals surface area (Å²) >= 11 is 0. The normalized spacial score (nSPS) is 11.0. The first-order valence-electron chi connectivity index (χ1n) is 11.1. The highest BCUT2D eigenvalue weighted by Crippen LogP contribution is 2.25. The van der Waals surface area contributed by atoms with Gasteiger partial charge in [0.25, 0.3) is 15.7 Å². The predicted octanol–water partition coefficient (Wildman–Crippen LogP) is 3.94.